The van der Waals surface area contributed by atoms with Crippen molar-refractivity contribution in [2.24, 2.45) is 0 Å². The first-order valence-electron chi connectivity index (χ1n) is 4.41. The molecule has 0 unspecified atom stereocenters. The number of nitrogens with zero attached hydrogens (tertiary/aromatic N) is 1. The van der Waals surface area contributed by atoms with Gasteiger partial charge in [0.05, 0.1) is 13.7 Å². The Hall–Kier alpha value is -1.46. The van der Waals surface area contributed by atoms with E-state index in [1.807, 2.05) is 37.2 Å². The number of methoxy groups -OCH3 is 1. The normalized spacial score (nSPS) is 9.43. The molecule has 73 valence electrons. The molecule has 2 nitrogen and oxygen atoms in total. The van der Waals surface area contributed by atoms with E-state index in [0.717, 1.165) is 17.9 Å². The molecule has 0 atom stereocenters. The van der Waals surface area contributed by atoms with Gasteiger partial charge in [-0.3, -0.25) is 4.90 Å². The SMILES string of the molecule is COc1[c]ccc(C#CCN(C)C)c1. The first-order chi connectivity index (χ1) is 6.72. The predicted octanol–water partition coefficient (Wildman–Crippen LogP) is 1.41. The van der Waals surface area contributed by atoms with Crippen molar-refractivity contribution >= 4 is 0 Å². The molecule has 0 saturated heterocycles. The molecule has 0 spiro atoms. The third kappa shape index (κ3) is 3.51. The molecular formula is C12H14NO. The fourth-order valence-corrected chi connectivity index (χ4v) is 0.940. The molecule has 0 fully saturated rings. The first kappa shape index (κ1) is 10.6. The standard InChI is InChI=1S/C12H14NO/c1-13(2)9-5-7-11-6-4-8-12(10-11)14-3/h4,6,10H,9H2,1-3H3. The van der Waals surface area contributed by atoms with E-state index >= 15 is 0 Å². The lowest BCUT2D eigenvalue weighted by molar-refractivity contribution is 0.414. The van der Waals surface area contributed by atoms with Crippen LogP contribution in [-0.2, 0) is 0 Å². The summed E-state index contributed by atoms with van der Waals surface area (Å²) < 4.78 is 5.05. The van der Waals surface area contributed by atoms with Crippen molar-refractivity contribution in [1.29, 1.82) is 0 Å². The lowest BCUT2D eigenvalue weighted by Crippen LogP contribution is -2.10. The Bertz CT molecular complexity index is 347. The summed E-state index contributed by atoms with van der Waals surface area (Å²) in [5, 5.41) is 0. The van der Waals surface area contributed by atoms with E-state index in [0.29, 0.717) is 0 Å². The Morgan fingerprint density at radius 1 is 1.50 bits per heavy atom. The lowest BCUT2D eigenvalue weighted by Gasteiger charge is -2.01. The minimum atomic E-state index is 0.724. The molecule has 1 radical (unpaired) electrons. The van der Waals surface area contributed by atoms with Crippen molar-refractivity contribution in [2.45, 2.75) is 0 Å². The van der Waals surface area contributed by atoms with Gasteiger partial charge in [-0.2, -0.15) is 0 Å². The summed E-state index contributed by atoms with van der Waals surface area (Å²) >= 11 is 0. The fraction of sp³-hybridized carbons (Fsp3) is 0.333. The van der Waals surface area contributed by atoms with Crippen molar-refractivity contribution in [3.05, 3.63) is 29.8 Å². The molecule has 2 heteroatoms. The summed E-state index contributed by atoms with van der Waals surface area (Å²) in [6, 6.07) is 8.57. The monoisotopic (exact) mass is 188 g/mol. The average Bonchev–Trinajstić information content (AvgIpc) is 2.18. The number of benzene rings is 1. The van der Waals surface area contributed by atoms with Gasteiger partial charge >= 0.3 is 0 Å². The first-order valence-corrected chi connectivity index (χ1v) is 4.41. The van der Waals surface area contributed by atoms with Crippen molar-refractivity contribution < 1.29 is 4.74 Å². The van der Waals surface area contributed by atoms with Crippen LogP contribution in [-0.4, -0.2) is 32.6 Å². The molecule has 0 bridgehead atoms. The summed E-state index contributed by atoms with van der Waals surface area (Å²) in [4.78, 5) is 2.03. The van der Waals surface area contributed by atoms with E-state index in [4.69, 9.17) is 4.74 Å². The van der Waals surface area contributed by atoms with Gasteiger partial charge in [0, 0.05) is 11.6 Å². The molecule has 0 aromatic heterocycles. The zero-order chi connectivity index (χ0) is 10.4. The number of hydrogen-bond donors (Lipinski definition) is 0. The fourth-order valence-electron chi connectivity index (χ4n) is 0.940. The zero-order valence-corrected chi connectivity index (χ0v) is 8.79. The van der Waals surface area contributed by atoms with Crippen molar-refractivity contribution in [2.75, 3.05) is 27.7 Å². The third-order valence-corrected chi connectivity index (χ3v) is 1.62. The average molecular weight is 188 g/mol. The summed E-state index contributed by atoms with van der Waals surface area (Å²) in [5.41, 5.74) is 0.961. The van der Waals surface area contributed by atoms with Crippen LogP contribution in [0.25, 0.3) is 0 Å². The molecule has 0 N–H and O–H groups in total. The Morgan fingerprint density at radius 2 is 2.29 bits per heavy atom. The highest BCUT2D eigenvalue weighted by molar-refractivity contribution is 5.39. The van der Waals surface area contributed by atoms with Crippen LogP contribution >= 0.6 is 0 Å². The molecule has 1 aromatic rings. The second-order valence-corrected chi connectivity index (χ2v) is 3.19. The molecule has 0 amide bonds. The predicted molar refractivity (Wildman–Crippen MR) is 57.3 cm³/mol. The minimum absolute atomic E-state index is 0.724. The van der Waals surface area contributed by atoms with E-state index in [1.54, 1.807) is 7.11 Å². The van der Waals surface area contributed by atoms with Crippen LogP contribution in [0.4, 0.5) is 0 Å². The molecule has 0 saturated carbocycles. The highest BCUT2D eigenvalue weighted by Gasteiger charge is 1.91. The van der Waals surface area contributed by atoms with Crippen LogP contribution < -0.4 is 4.74 Å². The Balaban J connectivity index is 2.69. The highest BCUT2D eigenvalue weighted by Crippen LogP contribution is 2.10. The summed E-state index contributed by atoms with van der Waals surface area (Å²) in [6.45, 7) is 0.765. The largest absolute Gasteiger partial charge is 0.496 e. The summed E-state index contributed by atoms with van der Waals surface area (Å²) in [6.07, 6.45) is 0. The summed E-state index contributed by atoms with van der Waals surface area (Å²) in [5.74, 6) is 6.84. The van der Waals surface area contributed by atoms with Gasteiger partial charge in [-0.25, -0.2) is 0 Å². The van der Waals surface area contributed by atoms with Gasteiger partial charge in [0.2, 0.25) is 0 Å². The number of ether oxygens (including phenoxy) is 1. The molecule has 1 rings (SSSR count). The van der Waals surface area contributed by atoms with Gasteiger partial charge < -0.3 is 4.74 Å². The molecular weight excluding hydrogens is 174 g/mol. The Morgan fingerprint density at radius 3 is 2.93 bits per heavy atom. The maximum Gasteiger partial charge on any atom is 0.128 e. The van der Waals surface area contributed by atoms with E-state index in [-0.39, 0.29) is 0 Å². The molecule has 0 aliphatic carbocycles. The maximum atomic E-state index is 5.05. The molecule has 0 aliphatic rings. The van der Waals surface area contributed by atoms with Crippen LogP contribution in [0.15, 0.2) is 18.2 Å². The van der Waals surface area contributed by atoms with E-state index < -0.39 is 0 Å². The van der Waals surface area contributed by atoms with Crippen molar-refractivity contribution in [3.8, 4) is 17.6 Å². The van der Waals surface area contributed by atoms with Gasteiger partial charge in [0.15, 0.2) is 0 Å². The molecule has 0 aliphatic heterocycles. The number of hydrogen-bond acceptors (Lipinski definition) is 2. The second-order valence-electron chi connectivity index (χ2n) is 3.19. The van der Waals surface area contributed by atoms with Crippen molar-refractivity contribution in [1.82, 2.24) is 4.90 Å². The van der Waals surface area contributed by atoms with Crippen LogP contribution in [0.2, 0.25) is 0 Å². The quantitative estimate of drug-likeness (QED) is 0.651. The minimum Gasteiger partial charge on any atom is -0.496 e. The van der Waals surface area contributed by atoms with Crippen molar-refractivity contribution in [3.63, 3.8) is 0 Å². The molecule has 14 heavy (non-hydrogen) atoms. The van der Waals surface area contributed by atoms with Gasteiger partial charge in [-0.1, -0.05) is 11.8 Å². The van der Waals surface area contributed by atoms with E-state index in [9.17, 15) is 0 Å². The highest BCUT2D eigenvalue weighted by atomic mass is 16.5. The smallest absolute Gasteiger partial charge is 0.128 e. The summed E-state index contributed by atoms with van der Waals surface area (Å²) in [7, 11) is 5.62. The molecule has 0 heterocycles. The van der Waals surface area contributed by atoms with Gasteiger partial charge in [-0.05, 0) is 32.3 Å². The Kier molecular flexibility index (Phi) is 4.03. The maximum absolute atomic E-state index is 5.05. The third-order valence-electron chi connectivity index (χ3n) is 1.62. The van der Waals surface area contributed by atoms with Crippen LogP contribution in [0.5, 0.6) is 5.75 Å². The van der Waals surface area contributed by atoms with E-state index in [1.165, 1.54) is 0 Å². The van der Waals surface area contributed by atoms with Gasteiger partial charge in [-0.15, -0.1) is 0 Å². The van der Waals surface area contributed by atoms with Crippen LogP contribution in [0, 0.1) is 17.9 Å². The molecule has 1 aromatic carbocycles. The van der Waals surface area contributed by atoms with Crippen LogP contribution in [0.3, 0.4) is 0 Å². The topological polar surface area (TPSA) is 12.5 Å². The Labute approximate surface area is 85.5 Å². The van der Waals surface area contributed by atoms with Gasteiger partial charge in [0.25, 0.3) is 0 Å². The zero-order valence-electron chi connectivity index (χ0n) is 8.79. The number of rotatable bonds is 2. The van der Waals surface area contributed by atoms with Gasteiger partial charge in [0.1, 0.15) is 5.75 Å². The lowest BCUT2D eigenvalue weighted by atomic mass is 10.2. The van der Waals surface area contributed by atoms with E-state index in [2.05, 4.69) is 17.9 Å². The second kappa shape index (κ2) is 5.31. The van der Waals surface area contributed by atoms with Crippen LogP contribution in [0.1, 0.15) is 5.56 Å².